The van der Waals surface area contributed by atoms with E-state index in [1.54, 1.807) is 24.4 Å². The second-order valence-electron chi connectivity index (χ2n) is 11.0. The van der Waals surface area contributed by atoms with Crippen LogP contribution in [0.4, 0.5) is 5.95 Å². The fraction of sp³-hybridized carbons (Fsp3) is 0.762. The molecule has 3 heterocycles. The van der Waals surface area contributed by atoms with Crippen LogP contribution in [0.2, 0.25) is 18.1 Å². The highest BCUT2D eigenvalue weighted by Gasteiger charge is 2.44. The molecule has 34 heavy (non-hydrogen) atoms. The maximum Gasteiger partial charge on any atom is 0.304 e. The third-order valence-electron chi connectivity index (χ3n) is 6.12. The smallest absolute Gasteiger partial charge is 0.304 e. The Morgan fingerprint density at radius 1 is 1.35 bits per heavy atom. The largest absolute Gasteiger partial charge is 0.414 e. The minimum absolute atomic E-state index is 0.0769. The van der Waals surface area contributed by atoms with Gasteiger partial charge in [-0.3, -0.25) is 9.78 Å². The van der Waals surface area contributed by atoms with Crippen LogP contribution in [0.15, 0.2) is 11.1 Å². The molecule has 3 atom stereocenters. The first-order chi connectivity index (χ1) is 15.6. The summed E-state index contributed by atoms with van der Waals surface area (Å²) in [6.45, 7) is 18.2. The van der Waals surface area contributed by atoms with Gasteiger partial charge in [0.05, 0.1) is 12.7 Å². The van der Waals surface area contributed by atoms with E-state index in [1.807, 2.05) is 10.9 Å². The molecule has 1 aliphatic heterocycles. The minimum Gasteiger partial charge on any atom is -0.414 e. The average Bonchev–Trinajstić information content (AvgIpc) is 3.22. The first kappa shape index (κ1) is 28.3. The molecule has 0 aliphatic carbocycles. The third kappa shape index (κ3) is 6.71. The minimum atomic E-state index is -1.95. The number of anilines is 1. The molecule has 192 valence electrons. The van der Waals surface area contributed by atoms with Gasteiger partial charge in [0, 0.05) is 11.2 Å². The zero-order chi connectivity index (χ0) is 25.5. The van der Waals surface area contributed by atoms with Crippen LogP contribution in [-0.2, 0) is 13.9 Å². The van der Waals surface area contributed by atoms with E-state index >= 15 is 0 Å². The van der Waals surface area contributed by atoms with Crippen molar-refractivity contribution in [3.8, 4) is 0 Å². The Kier molecular flexibility index (Phi) is 8.79. The van der Waals surface area contributed by atoms with Crippen LogP contribution in [0, 0.1) is 0 Å². The molecule has 0 unspecified atom stereocenters. The number of nitrogens with one attached hydrogen (secondary N) is 1. The van der Waals surface area contributed by atoms with Crippen LogP contribution in [-0.4, -0.2) is 52.4 Å². The Labute approximate surface area is 224 Å². The van der Waals surface area contributed by atoms with Crippen LogP contribution < -0.4 is 14.1 Å². The van der Waals surface area contributed by atoms with Crippen molar-refractivity contribution < 1.29 is 16.7 Å². The van der Waals surface area contributed by atoms with E-state index < -0.39 is 8.32 Å². The quantitative estimate of drug-likeness (QED) is 0.141. The molecule has 1 fully saturated rings. The number of nitrogens with zero attached hydrogens (tertiary/aromatic N) is 3. The number of rotatable bonds is 8. The summed E-state index contributed by atoms with van der Waals surface area (Å²) in [5.41, 5.74) is 6.48. The lowest BCUT2D eigenvalue weighted by Gasteiger charge is -2.37. The molecule has 1 aliphatic rings. The number of hydrogen-bond acceptors (Lipinski definition) is 8. The van der Waals surface area contributed by atoms with E-state index in [2.05, 4.69) is 87.5 Å². The summed E-state index contributed by atoms with van der Waals surface area (Å²) < 4.78 is 23.0. The maximum absolute atomic E-state index is 12.4. The maximum atomic E-state index is 12.4. The Balaban J connectivity index is 1.81. The molecule has 1 saturated heterocycles. The third-order valence-corrected chi connectivity index (χ3v) is 14.3. The van der Waals surface area contributed by atoms with E-state index in [0.29, 0.717) is 30.1 Å². The molecule has 3 N–H and O–H groups in total. The van der Waals surface area contributed by atoms with Crippen molar-refractivity contribution in [1.29, 1.82) is 0 Å². The molecule has 0 aromatic carbocycles. The SMILES string of the molecule is CC(C)(C)SSCO[C@H]1C[C@H](n2c[n+](I)c3c(=O)[nH]c(N)nc32)O[C@@H]1CO[Si](C)(C)C(C)(C)C. The van der Waals surface area contributed by atoms with E-state index in [1.165, 1.54) is 0 Å². The summed E-state index contributed by atoms with van der Waals surface area (Å²) in [6, 6.07) is 0. The van der Waals surface area contributed by atoms with Gasteiger partial charge in [-0.05, 0) is 18.1 Å². The molecule has 9 nitrogen and oxygen atoms in total. The van der Waals surface area contributed by atoms with Crippen LogP contribution in [0.5, 0.6) is 0 Å². The fourth-order valence-corrected chi connectivity index (χ4v) is 7.02. The van der Waals surface area contributed by atoms with Gasteiger partial charge in [0.25, 0.3) is 17.5 Å². The highest BCUT2D eigenvalue weighted by Crippen LogP contribution is 2.40. The topological polar surface area (TPSA) is 108 Å². The monoisotopic (exact) mass is 642 g/mol. The van der Waals surface area contributed by atoms with E-state index in [0.717, 1.165) is 0 Å². The van der Waals surface area contributed by atoms with Gasteiger partial charge in [-0.1, -0.05) is 63.1 Å². The van der Waals surface area contributed by atoms with Crippen LogP contribution >= 0.6 is 44.5 Å². The van der Waals surface area contributed by atoms with Gasteiger partial charge >= 0.3 is 5.56 Å². The van der Waals surface area contributed by atoms with Gasteiger partial charge in [-0.25, -0.2) is 0 Å². The van der Waals surface area contributed by atoms with E-state index in [-0.39, 0.29) is 39.7 Å². The molecule has 2 aromatic heterocycles. The average molecular weight is 643 g/mol. The van der Waals surface area contributed by atoms with Crippen molar-refractivity contribution >= 4 is 69.9 Å². The molecule has 0 amide bonds. The molecule has 0 bridgehead atoms. The molecule has 0 saturated carbocycles. The zero-order valence-corrected chi connectivity index (χ0v) is 26.0. The summed E-state index contributed by atoms with van der Waals surface area (Å²) >= 11 is 2.07. The molecule has 0 radical (unpaired) electrons. The second-order valence-corrected chi connectivity index (χ2v) is 19.9. The predicted molar refractivity (Wildman–Crippen MR) is 151 cm³/mol. The lowest BCUT2D eigenvalue weighted by molar-refractivity contribution is -0.411. The van der Waals surface area contributed by atoms with Crippen molar-refractivity contribution in [3.63, 3.8) is 0 Å². The molecule has 13 heteroatoms. The Morgan fingerprint density at radius 2 is 2.03 bits per heavy atom. The summed E-state index contributed by atoms with van der Waals surface area (Å²) in [5.74, 6) is 0.635. The van der Waals surface area contributed by atoms with Crippen LogP contribution in [0.1, 0.15) is 54.2 Å². The number of nitrogen functional groups attached to an aromatic ring is 1. The number of halogens is 1. The lowest BCUT2D eigenvalue weighted by Crippen LogP contribution is -2.44. The number of ether oxygens (including phenoxy) is 2. The fourth-order valence-electron chi connectivity index (χ4n) is 3.30. The Morgan fingerprint density at radius 3 is 2.65 bits per heavy atom. The number of H-pyrrole nitrogens is 1. The van der Waals surface area contributed by atoms with E-state index in [4.69, 9.17) is 19.6 Å². The number of hydrogen-bond donors (Lipinski definition) is 2. The Bertz CT molecular complexity index is 1070. The van der Waals surface area contributed by atoms with Gasteiger partial charge in [-0.15, -0.1) is 0 Å². The standard InChI is InChI=1S/C21H36IN5O4S2Si/c1-20(2,3)33-32-12-29-13-9-15(31-14(13)10-30-34(7,8)21(4,5)6)26-11-27(22)16-17(26)24-19(23)25-18(16)28/h11,13-15H,9-10,12H2,1-8H3,(H2-,23,24,25,28)/p+1/t13-,14+,15+/m0/s1. The Hall–Kier alpha value is -0.323. The van der Waals surface area contributed by atoms with Gasteiger partial charge in [0.1, 0.15) is 12.0 Å². The number of nitrogens with two attached hydrogens (primary N) is 1. The summed E-state index contributed by atoms with van der Waals surface area (Å²) in [5, 5.41) is 0.104. The zero-order valence-electron chi connectivity index (χ0n) is 21.2. The normalized spacial score (nSPS) is 22.1. The summed E-state index contributed by atoms with van der Waals surface area (Å²) in [4.78, 5) is 19.4. The van der Waals surface area contributed by atoms with Crippen molar-refractivity contribution in [2.75, 3.05) is 18.3 Å². The summed E-state index contributed by atoms with van der Waals surface area (Å²) in [6.07, 6.45) is 1.74. The van der Waals surface area contributed by atoms with Gasteiger partial charge in [0.15, 0.2) is 8.32 Å². The molecule has 2 aromatic rings. The summed E-state index contributed by atoms with van der Waals surface area (Å²) in [7, 11) is 1.55. The van der Waals surface area contributed by atoms with Gasteiger partial charge in [-0.2, -0.15) is 12.3 Å². The second kappa shape index (κ2) is 10.6. The van der Waals surface area contributed by atoms with Gasteiger partial charge < -0.3 is 19.6 Å². The number of aromatic nitrogens is 4. The molecular formula is C21H37IN5O4S2Si+. The first-order valence-electron chi connectivity index (χ1n) is 11.3. The highest BCUT2D eigenvalue weighted by molar-refractivity contribution is 14.1. The van der Waals surface area contributed by atoms with Gasteiger partial charge in [0.2, 0.25) is 35.0 Å². The molecule has 3 rings (SSSR count). The van der Waals surface area contributed by atoms with Crippen molar-refractivity contribution in [3.05, 3.63) is 16.7 Å². The van der Waals surface area contributed by atoms with E-state index in [9.17, 15) is 4.79 Å². The van der Waals surface area contributed by atoms with Crippen molar-refractivity contribution in [2.45, 2.75) is 89.3 Å². The number of imidazole rings is 1. The number of fused-ring (bicyclic) bond motifs is 1. The first-order valence-corrected chi connectivity index (χ1v) is 17.5. The predicted octanol–water partition coefficient (Wildman–Crippen LogP) is 4.62. The van der Waals surface area contributed by atoms with Crippen molar-refractivity contribution in [2.24, 2.45) is 0 Å². The number of aromatic amines is 1. The van der Waals surface area contributed by atoms with Crippen LogP contribution in [0.25, 0.3) is 11.2 Å². The van der Waals surface area contributed by atoms with Crippen LogP contribution in [0.3, 0.4) is 0 Å². The molecular weight excluding hydrogens is 605 g/mol. The van der Waals surface area contributed by atoms with Crippen molar-refractivity contribution in [1.82, 2.24) is 14.5 Å². The highest BCUT2D eigenvalue weighted by atomic mass is 127. The lowest BCUT2D eigenvalue weighted by atomic mass is 10.2. The molecule has 0 spiro atoms.